The van der Waals surface area contributed by atoms with Crippen LogP contribution in [-0.2, 0) is 24.6 Å². The third-order valence-electron chi connectivity index (χ3n) is 12.7. The standard InChI is InChI=1S/C46H48F2N8O7S/c47-37-11-12-38(52-64(61,62)56-17-1-2-18-56)43(48)42(37)44(59)36-27-50-45-35(36)25-32(26-49-45)30-3-7-33(8-4-30)54-21-23-55(24-22-54)41(58)28-53-19-15-31(16-20-53)29-5-9-34(10-6-29)63-39-13-14-40(57)51-46(39)60/h3-12,25-27,31,39,52H,1-2,13-24,28H2,(H,49,50)(H,51,57,60). The number of likely N-dealkylation sites (tertiary alicyclic amines) is 1. The van der Waals surface area contributed by atoms with E-state index in [9.17, 15) is 27.6 Å². The fourth-order valence-corrected chi connectivity index (χ4v) is 10.3. The van der Waals surface area contributed by atoms with Crippen molar-refractivity contribution in [3.8, 4) is 16.9 Å². The molecule has 4 saturated heterocycles. The number of piperidine rings is 2. The van der Waals surface area contributed by atoms with Crippen molar-refractivity contribution < 1.29 is 41.1 Å². The number of piperazine rings is 1. The number of aromatic nitrogens is 2. The molecule has 18 heteroatoms. The Hall–Kier alpha value is -6.24. The van der Waals surface area contributed by atoms with Crippen LogP contribution in [-0.4, -0.2) is 121 Å². The molecule has 334 valence electrons. The maximum absolute atomic E-state index is 15.7. The lowest BCUT2D eigenvalue weighted by Crippen LogP contribution is -2.51. The molecule has 3 N–H and O–H groups in total. The maximum atomic E-state index is 15.7. The SMILES string of the molecule is O=C1CCC(Oc2ccc(C3CCN(CC(=O)N4CCN(c5ccc(-c6cnc7[nH]cc(C(=O)c8c(F)ccc(NS(=O)(=O)N9CCCC9)c8F)c7c6)cc5)CC4)CC3)cc2)C(=O)N1. The highest BCUT2D eigenvalue weighted by molar-refractivity contribution is 7.90. The second kappa shape index (κ2) is 18.1. The number of hydrogen-bond acceptors (Lipinski definition) is 10. The number of nitrogens with one attached hydrogen (secondary N) is 3. The topological polar surface area (TPSA) is 177 Å². The van der Waals surface area contributed by atoms with Gasteiger partial charge in [-0.1, -0.05) is 24.3 Å². The highest BCUT2D eigenvalue weighted by Gasteiger charge is 2.31. The summed E-state index contributed by atoms with van der Waals surface area (Å²) in [6, 6.07) is 19.2. The van der Waals surface area contributed by atoms with E-state index in [-0.39, 0.29) is 36.9 Å². The molecule has 0 spiro atoms. The van der Waals surface area contributed by atoms with Gasteiger partial charge >= 0.3 is 10.2 Å². The number of rotatable bonds is 12. The molecule has 3 aromatic carbocycles. The van der Waals surface area contributed by atoms with Gasteiger partial charge in [0.25, 0.3) is 5.91 Å². The maximum Gasteiger partial charge on any atom is 0.301 e. The molecule has 4 aliphatic heterocycles. The van der Waals surface area contributed by atoms with Crippen LogP contribution >= 0.6 is 0 Å². The Morgan fingerprint density at radius 2 is 1.56 bits per heavy atom. The predicted molar refractivity (Wildman–Crippen MR) is 235 cm³/mol. The summed E-state index contributed by atoms with van der Waals surface area (Å²) in [6.45, 7) is 5.13. The lowest BCUT2D eigenvalue weighted by molar-refractivity contribution is -0.139. The minimum absolute atomic E-state index is 0.0154. The summed E-state index contributed by atoms with van der Waals surface area (Å²) in [6.07, 6.45) is 6.16. The number of carbonyl (C=O) groups is 4. The third kappa shape index (κ3) is 9.07. The quantitative estimate of drug-likeness (QED) is 0.111. The number of amides is 3. The number of anilines is 2. The summed E-state index contributed by atoms with van der Waals surface area (Å²) in [5.74, 6) is -2.98. The summed E-state index contributed by atoms with van der Waals surface area (Å²) in [5, 5.41) is 2.67. The van der Waals surface area contributed by atoms with Crippen molar-refractivity contribution in [1.29, 1.82) is 0 Å². The van der Waals surface area contributed by atoms with E-state index in [1.807, 2.05) is 53.4 Å². The van der Waals surface area contributed by atoms with Gasteiger partial charge in [0, 0.05) is 86.7 Å². The van der Waals surface area contributed by atoms with E-state index < -0.39 is 50.9 Å². The van der Waals surface area contributed by atoms with Crippen LogP contribution in [0.3, 0.4) is 0 Å². The normalized spacial score (nSPS) is 19.2. The molecule has 0 bridgehead atoms. The zero-order valence-corrected chi connectivity index (χ0v) is 35.8. The monoisotopic (exact) mass is 894 g/mol. The number of hydrogen-bond donors (Lipinski definition) is 3. The highest BCUT2D eigenvalue weighted by Crippen LogP contribution is 2.33. The van der Waals surface area contributed by atoms with Crippen LogP contribution in [0, 0.1) is 11.6 Å². The van der Waals surface area contributed by atoms with Gasteiger partial charge in [-0.25, -0.2) is 13.8 Å². The number of nitrogens with zero attached hydrogens (tertiary/aromatic N) is 5. The van der Waals surface area contributed by atoms with Gasteiger partial charge in [-0.05, 0) is 98.3 Å². The van der Waals surface area contributed by atoms with Gasteiger partial charge in [0.1, 0.15) is 17.2 Å². The van der Waals surface area contributed by atoms with E-state index in [0.717, 1.165) is 49.3 Å². The number of fused-ring (bicyclic) bond motifs is 1. The van der Waals surface area contributed by atoms with Crippen molar-refractivity contribution in [1.82, 2.24) is 29.4 Å². The molecule has 0 saturated carbocycles. The number of aromatic amines is 1. The van der Waals surface area contributed by atoms with Crippen LogP contribution in [0.25, 0.3) is 22.2 Å². The number of H-pyrrole nitrogens is 1. The molecule has 9 rings (SSSR count). The number of carbonyl (C=O) groups excluding carboxylic acids is 4. The zero-order chi connectivity index (χ0) is 44.5. The van der Waals surface area contributed by atoms with E-state index in [2.05, 4.69) is 29.8 Å². The van der Waals surface area contributed by atoms with Gasteiger partial charge < -0.3 is 19.5 Å². The highest BCUT2D eigenvalue weighted by atomic mass is 32.2. The molecule has 15 nitrogen and oxygen atoms in total. The number of imide groups is 1. The molecule has 1 unspecified atom stereocenters. The van der Waals surface area contributed by atoms with Crippen molar-refractivity contribution in [2.45, 2.75) is 50.5 Å². The molecule has 3 amide bonds. The summed E-state index contributed by atoms with van der Waals surface area (Å²) < 4.78 is 65.7. The third-order valence-corrected chi connectivity index (χ3v) is 14.2. The van der Waals surface area contributed by atoms with Crippen LogP contribution in [0.2, 0.25) is 0 Å². The van der Waals surface area contributed by atoms with Gasteiger partial charge in [0.05, 0.1) is 17.8 Å². The number of halogens is 2. The lowest BCUT2D eigenvalue weighted by atomic mass is 9.89. The number of benzene rings is 3. The van der Waals surface area contributed by atoms with Crippen LogP contribution in [0.4, 0.5) is 20.2 Å². The molecule has 5 aromatic rings. The van der Waals surface area contributed by atoms with Crippen LogP contribution in [0.5, 0.6) is 5.75 Å². The van der Waals surface area contributed by atoms with Gasteiger partial charge in [-0.3, -0.25) is 34.1 Å². The first-order chi connectivity index (χ1) is 30.9. The van der Waals surface area contributed by atoms with Gasteiger partial charge in [0.15, 0.2) is 11.9 Å². The molecule has 2 aromatic heterocycles. The number of pyridine rings is 1. The van der Waals surface area contributed by atoms with Crippen molar-refractivity contribution in [3.05, 3.63) is 107 Å². The van der Waals surface area contributed by atoms with Gasteiger partial charge in [0.2, 0.25) is 17.6 Å². The second-order valence-corrected chi connectivity index (χ2v) is 18.4. The van der Waals surface area contributed by atoms with Gasteiger partial charge in [-0.15, -0.1) is 0 Å². The fourth-order valence-electron chi connectivity index (χ4n) is 9.02. The van der Waals surface area contributed by atoms with E-state index in [1.54, 1.807) is 12.3 Å². The van der Waals surface area contributed by atoms with Crippen molar-refractivity contribution in [2.75, 3.05) is 68.5 Å². The first-order valence-corrected chi connectivity index (χ1v) is 23.1. The molecule has 64 heavy (non-hydrogen) atoms. The van der Waals surface area contributed by atoms with E-state index in [0.29, 0.717) is 80.3 Å². The Kier molecular flexibility index (Phi) is 12.2. The summed E-state index contributed by atoms with van der Waals surface area (Å²) in [5.41, 5.74) is 2.61. The Morgan fingerprint density at radius 1 is 0.844 bits per heavy atom. The molecular weight excluding hydrogens is 847 g/mol. The summed E-state index contributed by atoms with van der Waals surface area (Å²) in [4.78, 5) is 64.3. The molecular formula is C46H48F2N8O7S. The van der Waals surface area contributed by atoms with Crippen molar-refractivity contribution in [2.24, 2.45) is 0 Å². The molecule has 0 aliphatic carbocycles. The van der Waals surface area contributed by atoms with E-state index in [1.165, 1.54) is 16.1 Å². The minimum atomic E-state index is -4.09. The largest absolute Gasteiger partial charge is 0.481 e. The average Bonchev–Trinajstić information content (AvgIpc) is 4.01. The first-order valence-electron chi connectivity index (χ1n) is 21.6. The Bertz CT molecular complexity index is 2690. The molecule has 4 aliphatic rings. The molecule has 6 heterocycles. The van der Waals surface area contributed by atoms with Crippen LogP contribution < -0.4 is 19.7 Å². The Labute approximate surface area is 368 Å². The zero-order valence-electron chi connectivity index (χ0n) is 35.0. The minimum Gasteiger partial charge on any atom is -0.481 e. The predicted octanol–water partition coefficient (Wildman–Crippen LogP) is 5.20. The molecule has 1 atom stereocenters. The Balaban J connectivity index is 0.771. The van der Waals surface area contributed by atoms with E-state index >= 15 is 8.78 Å². The smallest absolute Gasteiger partial charge is 0.301 e. The van der Waals surface area contributed by atoms with Crippen LogP contribution in [0.15, 0.2) is 79.1 Å². The van der Waals surface area contributed by atoms with Crippen molar-refractivity contribution in [3.63, 3.8) is 0 Å². The van der Waals surface area contributed by atoms with Crippen molar-refractivity contribution >= 4 is 56.1 Å². The molecule has 4 fully saturated rings. The average molecular weight is 895 g/mol. The molecule has 0 radical (unpaired) electrons. The van der Waals surface area contributed by atoms with E-state index in [4.69, 9.17) is 4.74 Å². The second-order valence-electron chi connectivity index (χ2n) is 16.7. The number of ether oxygens (including phenoxy) is 1. The first kappa shape index (κ1) is 43.0. The lowest BCUT2D eigenvalue weighted by Gasteiger charge is -2.38. The summed E-state index contributed by atoms with van der Waals surface area (Å²) in [7, 11) is -4.09. The fraction of sp³-hybridized carbons (Fsp3) is 0.370. The van der Waals surface area contributed by atoms with Crippen LogP contribution in [0.1, 0.15) is 65.9 Å². The van der Waals surface area contributed by atoms with Gasteiger partial charge in [-0.2, -0.15) is 12.7 Å². The summed E-state index contributed by atoms with van der Waals surface area (Å²) >= 11 is 0. The number of ketones is 1. The Morgan fingerprint density at radius 3 is 2.27 bits per heavy atom.